The lowest BCUT2D eigenvalue weighted by Crippen LogP contribution is -2.06. The van der Waals surface area contributed by atoms with E-state index >= 15 is 0 Å². The first-order valence-electron chi connectivity index (χ1n) is 7.76. The van der Waals surface area contributed by atoms with Crippen LogP contribution >= 0.6 is 0 Å². The maximum absolute atomic E-state index is 13.3. The van der Waals surface area contributed by atoms with Gasteiger partial charge in [0.15, 0.2) is 5.56 Å². The second-order valence-electron chi connectivity index (χ2n) is 5.74. The minimum Gasteiger partial charge on any atom is -0.471 e. The molecule has 25 heavy (non-hydrogen) atoms. The highest BCUT2D eigenvalue weighted by atomic mass is 19.1. The number of nitriles is 1. The number of aromatic nitrogens is 2. The molecule has 3 aromatic rings. The number of rotatable bonds is 5. The van der Waals surface area contributed by atoms with Crippen molar-refractivity contribution in [2.24, 2.45) is 0 Å². The Kier molecular flexibility index (Phi) is 4.66. The fourth-order valence-corrected chi connectivity index (χ4v) is 2.54. The van der Waals surface area contributed by atoms with Gasteiger partial charge in [0.2, 0.25) is 0 Å². The molecule has 0 aliphatic carbocycles. The van der Waals surface area contributed by atoms with Crippen molar-refractivity contribution in [3.05, 3.63) is 76.6 Å². The lowest BCUT2D eigenvalue weighted by Gasteiger charge is -2.05. The molecule has 3 rings (SSSR count). The Hall–Kier alpha value is -3.33. The summed E-state index contributed by atoms with van der Waals surface area (Å²) in [5, 5.41) is 13.6. The molecule has 126 valence electrons. The number of hydrogen-bond donors (Lipinski definition) is 1. The monoisotopic (exact) mass is 336 g/mol. The van der Waals surface area contributed by atoms with Gasteiger partial charge in [0.1, 0.15) is 24.3 Å². The van der Waals surface area contributed by atoms with E-state index in [0.29, 0.717) is 5.56 Å². The first-order valence-corrected chi connectivity index (χ1v) is 7.76. The molecule has 0 bridgehead atoms. The molecule has 0 atom stereocenters. The van der Waals surface area contributed by atoms with E-state index in [4.69, 9.17) is 10.5 Å². The SMILES string of the molecule is Cc1cccc(COc2nn(Cc3cccc(F)c3)c(N)c2C#N)c1. The van der Waals surface area contributed by atoms with Gasteiger partial charge >= 0.3 is 0 Å². The van der Waals surface area contributed by atoms with E-state index in [1.807, 2.05) is 37.3 Å². The number of hydrogen-bond acceptors (Lipinski definition) is 4. The maximum Gasteiger partial charge on any atom is 0.253 e. The minimum absolute atomic E-state index is 0.179. The van der Waals surface area contributed by atoms with E-state index in [1.54, 1.807) is 12.1 Å². The second-order valence-corrected chi connectivity index (χ2v) is 5.74. The molecular weight excluding hydrogens is 319 g/mol. The van der Waals surface area contributed by atoms with Gasteiger partial charge in [0.05, 0.1) is 6.54 Å². The molecule has 0 aliphatic rings. The molecular formula is C19H17FN4O. The number of anilines is 1. The summed E-state index contributed by atoms with van der Waals surface area (Å²) in [7, 11) is 0. The van der Waals surface area contributed by atoms with E-state index in [0.717, 1.165) is 11.1 Å². The lowest BCUT2D eigenvalue weighted by atomic mass is 10.1. The Morgan fingerprint density at radius 1 is 1.20 bits per heavy atom. The summed E-state index contributed by atoms with van der Waals surface area (Å²) in [4.78, 5) is 0. The van der Waals surface area contributed by atoms with Crippen LogP contribution < -0.4 is 10.5 Å². The van der Waals surface area contributed by atoms with Gasteiger partial charge in [0.25, 0.3) is 5.88 Å². The Morgan fingerprint density at radius 2 is 1.96 bits per heavy atom. The zero-order valence-electron chi connectivity index (χ0n) is 13.7. The maximum atomic E-state index is 13.3. The van der Waals surface area contributed by atoms with Crippen molar-refractivity contribution in [3.8, 4) is 11.9 Å². The van der Waals surface area contributed by atoms with E-state index in [2.05, 4.69) is 5.10 Å². The smallest absolute Gasteiger partial charge is 0.253 e. The number of ether oxygens (including phenoxy) is 1. The average molecular weight is 336 g/mol. The van der Waals surface area contributed by atoms with Gasteiger partial charge in [0, 0.05) is 0 Å². The summed E-state index contributed by atoms with van der Waals surface area (Å²) in [6.07, 6.45) is 0. The average Bonchev–Trinajstić information content (AvgIpc) is 2.88. The fourth-order valence-electron chi connectivity index (χ4n) is 2.54. The van der Waals surface area contributed by atoms with Crippen LogP contribution in [0.4, 0.5) is 10.2 Å². The molecule has 0 fully saturated rings. The van der Waals surface area contributed by atoms with Gasteiger partial charge in [-0.2, -0.15) is 5.26 Å². The number of nitrogens with two attached hydrogens (primary N) is 1. The highest BCUT2D eigenvalue weighted by Gasteiger charge is 2.17. The molecule has 2 aromatic carbocycles. The molecule has 1 heterocycles. The quantitative estimate of drug-likeness (QED) is 0.774. The fraction of sp³-hybridized carbons (Fsp3) is 0.158. The van der Waals surface area contributed by atoms with Crippen molar-refractivity contribution in [2.45, 2.75) is 20.1 Å². The molecule has 0 spiro atoms. The van der Waals surface area contributed by atoms with Gasteiger partial charge in [-0.25, -0.2) is 9.07 Å². The third-order valence-electron chi connectivity index (χ3n) is 3.75. The summed E-state index contributed by atoms with van der Waals surface area (Å²) in [5.41, 5.74) is 8.98. The summed E-state index contributed by atoms with van der Waals surface area (Å²) in [6.45, 7) is 2.54. The van der Waals surface area contributed by atoms with Crippen LogP contribution in [0.2, 0.25) is 0 Å². The third kappa shape index (κ3) is 3.78. The topological polar surface area (TPSA) is 76.9 Å². The number of halogens is 1. The van der Waals surface area contributed by atoms with Crippen molar-refractivity contribution >= 4 is 5.82 Å². The third-order valence-corrected chi connectivity index (χ3v) is 3.75. The van der Waals surface area contributed by atoms with E-state index in [-0.39, 0.29) is 36.2 Å². The molecule has 0 unspecified atom stereocenters. The van der Waals surface area contributed by atoms with Crippen LogP contribution in [-0.2, 0) is 13.2 Å². The summed E-state index contributed by atoms with van der Waals surface area (Å²) in [5.74, 6) is 0.0450. The van der Waals surface area contributed by atoms with Gasteiger partial charge in [-0.1, -0.05) is 42.0 Å². The van der Waals surface area contributed by atoms with Crippen LogP contribution in [0.15, 0.2) is 48.5 Å². The van der Waals surface area contributed by atoms with Crippen molar-refractivity contribution in [3.63, 3.8) is 0 Å². The summed E-state index contributed by atoms with van der Waals surface area (Å²) < 4.78 is 20.5. The first kappa shape index (κ1) is 16.5. The number of nitrogen functional groups attached to an aromatic ring is 1. The van der Waals surface area contributed by atoms with Crippen LogP contribution in [0.25, 0.3) is 0 Å². The number of aryl methyl sites for hydroxylation is 1. The van der Waals surface area contributed by atoms with Crippen LogP contribution in [0.3, 0.4) is 0 Å². The molecule has 2 N–H and O–H groups in total. The van der Waals surface area contributed by atoms with Crippen molar-refractivity contribution in [1.29, 1.82) is 5.26 Å². The predicted molar refractivity (Wildman–Crippen MR) is 92.4 cm³/mol. The normalized spacial score (nSPS) is 10.4. The Morgan fingerprint density at radius 3 is 2.68 bits per heavy atom. The van der Waals surface area contributed by atoms with Crippen LogP contribution in [0.1, 0.15) is 22.3 Å². The molecule has 0 saturated carbocycles. The van der Waals surface area contributed by atoms with E-state index < -0.39 is 0 Å². The van der Waals surface area contributed by atoms with E-state index in [9.17, 15) is 9.65 Å². The minimum atomic E-state index is -0.334. The molecule has 0 radical (unpaired) electrons. The Balaban J connectivity index is 1.81. The standard InChI is InChI=1S/C19H17FN4O/c1-13-4-2-6-15(8-13)12-25-19-17(10-21)18(22)24(23-19)11-14-5-3-7-16(20)9-14/h2-9H,11-12,22H2,1H3. The molecule has 6 heteroatoms. The highest BCUT2D eigenvalue weighted by molar-refractivity contribution is 5.55. The van der Waals surface area contributed by atoms with Crippen LogP contribution in [0.5, 0.6) is 5.88 Å². The zero-order chi connectivity index (χ0) is 17.8. The van der Waals surface area contributed by atoms with Crippen LogP contribution in [0, 0.1) is 24.1 Å². The first-order chi connectivity index (χ1) is 12.1. The zero-order valence-corrected chi connectivity index (χ0v) is 13.7. The Bertz CT molecular complexity index is 943. The second kappa shape index (κ2) is 7.05. The van der Waals surface area contributed by atoms with E-state index in [1.165, 1.54) is 16.8 Å². The highest BCUT2D eigenvalue weighted by Crippen LogP contribution is 2.24. The molecule has 0 amide bonds. The number of benzene rings is 2. The molecule has 0 aliphatic heterocycles. The summed E-state index contributed by atoms with van der Waals surface area (Å²) >= 11 is 0. The Labute approximate surface area is 145 Å². The van der Waals surface area contributed by atoms with Gasteiger partial charge in [-0.3, -0.25) is 0 Å². The molecule has 1 aromatic heterocycles. The van der Waals surface area contributed by atoms with Crippen molar-refractivity contribution in [1.82, 2.24) is 9.78 Å². The lowest BCUT2D eigenvalue weighted by molar-refractivity contribution is 0.289. The molecule has 5 nitrogen and oxygen atoms in total. The molecule has 0 saturated heterocycles. The predicted octanol–water partition coefficient (Wildman–Crippen LogP) is 3.41. The number of nitrogens with zero attached hydrogens (tertiary/aromatic N) is 3. The van der Waals surface area contributed by atoms with Gasteiger partial charge < -0.3 is 10.5 Å². The van der Waals surface area contributed by atoms with Crippen LogP contribution in [-0.4, -0.2) is 9.78 Å². The summed E-state index contributed by atoms with van der Waals surface area (Å²) in [6, 6.07) is 16.0. The van der Waals surface area contributed by atoms with Gasteiger partial charge in [-0.05, 0) is 30.2 Å². The largest absolute Gasteiger partial charge is 0.471 e. The van der Waals surface area contributed by atoms with Gasteiger partial charge in [-0.15, -0.1) is 5.10 Å². The van der Waals surface area contributed by atoms with Crippen molar-refractivity contribution in [2.75, 3.05) is 5.73 Å². The van der Waals surface area contributed by atoms with Crippen molar-refractivity contribution < 1.29 is 9.13 Å².